The van der Waals surface area contributed by atoms with E-state index >= 15 is 0 Å². The summed E-state index contributed by atoms with van der Waals surface area (Å²) in [5.74, 6) is -2.15. The first kappa shape index (κ1) is 12.2. The van der Waals surface area contributed by atoms with E-state index in [-0.39, 0.29) is 6.42 Å². The lowest BCUT2D eigenvalue weighted by atomic mass is 9.89. The number of carbonyl (C=O) groups excluding carboxylic acids is 1. The zero-order valence-corrected chi connectivity index (χ0v) is 9.51. The monoisotopic (exact) mass is 239 g/mol. The number of ketones is 1. The molecule has 0 spiro atoms. The quantitative estimate of drug-likeness (QED) is 0.824. The van der Waals surface area contributed by atoms with Crippen molar-refractivity contribution in [2.75, 3.05) is 0 Å². The minimum atomic E-state index is -0.809. The second kappa shape index (κ2) is 4.53. The van der Waals surface area contributed by atoms with Crippen LogP contribution in [0.1, 0.15) is 42.5 Å². The van der Waals surface area contributed by atoms with Crippen LogP contribution >= 0.6 is 0 Å². The Kier molecular flexibility index (Phi) is 3.24. The molecule has 0 radical (unpaired) electrons. The third-order valence-corrected chi connectivity index (χ3v) is 3.35. The first-order chi connectivity index (χ1) is 8.02. The minimum absolute atomic E-state index is 0.0187. The summed E-state index contributed by atoms with van der Waals surface area (Å²) < 4.78 is 26.8. The highest BCUT2D eigenvalue weighted by atomic mass is 19.1. The fourth-order valence-electron chi connectivity index (χ4n) is 2.43. The van der Waals surface area contributed by atoms with Gasteiger partial charge in [0.2, 0.25) is 0 Å². The van der Waals surface area contributed by atoms with Crippen LogP contribution in [-0.2, 0) is 0 Å². The summed E-state index contributed by atoms with van der Waals surface area (Å²) in [4.78, 5) is 11.9. The van der Waals surface area contributed by atoms with Crippen LogP contribution in [0.3, 0.4) is 0 Å². The van der Waals surface area contributed by atoms with Gasteiger partial charge in [-0.15, -0.1) is 0 Å². The number of hydrogen-bond acceptors (Lipinski definition) is 2. The molecular weight excluding hydrogens is 224 g/mol. The van der Waals surface area contributed by atoms with Crippen molar-refractivity contribution in [1.82, 2.24) is 0 Å². The van der Waals surface area contributed by atoms with Crippen molar-refractivity contribution in [3.8, 4) is 0 Å². The Labute approximate surface area is 98.8 Å². The highest BCUT2D eigenvalue weighted by Crippen LogP contribution is 2.31. The number of carbonyl (C=O) groups is 1. The summed E-state index contributed by atoms with van der Waals surface area (Å²) in [6.45, 7) is 0. The van der Waals surface area contributed by atoms with Crippen LogP contribution < -0.4 is 5.73 Å². The van der Waals surface area contributed by atoms with Crippen LogP contribution in [0.5, 0.6) is 0 Å². The standard InChI is InChI=1S/C13H15F2NO/c14-9-4-3-5-10(15)12(9)11(17)8-13(16)6-1-2-7-13/h3-5H,1-2,6-8,16H2. The molecule has 17 heavy (non-hydrogen) atoms. The minimum Gasteiger partial charge on any atom is -0.325 e. The van der Waals surface area contributed by atoms with Crippen LogP contribution in [0.4, 0.5) is 8.78 Å². The molecule has 0 bridgehead atoms. The number of hydrogen-bond donors (Lipinski definition) is 1. The molecule has 1 saturated carbocycles. The van der Waals surface area contributed by atoms with Crippen LogP contribution in [-0.4, -0.2) is 11.3 Å². The van der Waals surface area contributed by atoms with Crippen molar-refractivity contribution in [2.45, 2.75) is 37.6 Å². The molecule has 0 atom stereocenters. The Hall–Kier alpha value is -1.29. The van der Waals surface area contributed by atoms with E-state index in [1.54, 1.807) is 0 Å². The Morgan fingerprint density at radius 1 is 1.24 bits per heavy atom. The third-order valence-electron chi connectivity index (χ3n) is 3.35. The summed E-state index contributed by atoms with van der Waals surface area (Å²) in [5, 5.41) is 0. The Morgan fingerprint density at radius 2 is 1.76 bits per heavy atom. The molecule has 0 heterocycles. The first-order valence-corrected chi connectivity index (χ1v) is 5.78. The van der Waals surface area contributed by atoms with E-state index in [9.17, 15) is 13.6 Å². The molecule has 0 amide bonds. The van der Waals surface area contributed by atoms with Gasteiger partial charge in [0.05, 0.1) is 5.56 Å². The van der Waals surface area contributed by atoms with Crippen molar-refractivity contribution >= 4 is 5.78 Å². The predicted octanol–water partition coefficient (Wildman–Crippen LogP) is 2.81. The normalized spacial score (nSPS) is 18.3. The highest BCUT2D eigenvalue weighted by Gasteiger charge is 2.33. The van der Waals surface area contributed by atoms with Gasteiger partial charge in [0.25, 0.3) is 0 Å². The van der Waals surface area contributed by atoms with Gasteiger partial charge < -0.3 is 5.73 Å². The number of nitrogens with two attached hydrogens (primary N) is 1. The van der Waals surface area contributed by atoms with Crippen molar-refractivity contribution in [3.63, 3.8) is 0 Å². The third kappa shape index (κ3) is 2.52. The smallest absolute Gasteiger partial charge is 0.170 e. The van der Waals surface area contributed by atoms with Crippen molar-refractivity contribution < 1.29 is 13.6 Å². The molecule has 2 N–H and O–H groups in total. The molecule has 1 fully saturated rings. The van der Waals surface area contributed by atoms with Crippen LogP contribution in [0.2, 0.25) is 0 Å². The predicted molar refractivity (Wildman–Crippen MR) is 60.7 cm³/mol. The molecule has 0 unspecified atom stereocenters. The van der Waals surface area contributed by atoms with Crippen molar-refractivity contribution in [2.24, 2.45) is 5.73 Å². The maximum absolute atomic E-state index is 13.4. The zero-order chi connectivity index (χ0) is 12.5. The number of halogens is 2. The van der Waals surface area contributed by atoms with Gasteiger partial charge in [0.15, 0.2) is 5.78 Å². The molecule has 1 aromatic rings. The summed E-state index contributed by atoms with van der Waals surface area (Å²) in [5.41, 5.74) is 5.00. The number of Topliss-reactive ketones (excluding diaryl/α,β-unsaturated/α-hetero) is 1. The van der Waals surface area contributed by atoms with E-state index in [0.29, 0.717) is 0 Å². The van der Waals surface area contributed by atoms with Crippen molar-refractivity contribution in [1.29, 1.82) is 0 Å². The molecule has 92 valence electrons. The topological polar surface area (TPSA) is 43.1 Å². The lowest BCUT2D eigenvalue weighted by molar-refractivity contribution is 0.0944. The molecule has 0 saturated heterocycles. The fourth-order valence-corrected chi connectivity index (χ4v) is 2.43. The summed E-state index contributed by atoms with van der Waals surface area (Å²) in [6, 6.07) is 3.43. The molecule has 0 aromatic heterocycles. The largest absolute Gasteiger partial charge is 0.325 e. The van der Waals surface area contributed by atoms with Gasteiger partial charge in [0.1, 0.15) is 11.6 Å². The lowest BCUT2D eigenvalue weighted by Crippen LogP contribution is -2.39. The molecule has 2 nitrogen and oxygen atoms in total. The Bertz CT molecular complexity index is 419. The van der Waals surface area contributed by atoms with E-state index in [2.05, 4.69) is 0 Å². The van der Waals surface area contributed by atoms with E-state index in [4.69, 9.17) is 5.73 Å². The molecule has 1 aliphatic carbocycles. The van der Waals surface area contributed by atoms with Gasteiger partial charge in [0, 0.05) is 12.0 Å². The highest BCUT2D eigenvalue weighted by molar-refractivity contribution is 5.97. The van der Waals surface area contributed by atoms with Gasteiger partial charge >= 0.3 is 0 Å². The average Bonchev–Trinajstić information content (AvgIpc) is 2.64. The van der Waals surface area contributed by atoms with Gasteiger partial charge in [-0.05, 0) is 25.0 Å². The summed E-state index contributed by atoms with van der Waals surface area (Å²) >= 11 is 0. The van der Waals surface area contributed by atoms with E-state index < -0.39 is 28.5 Å². The maximum atomic E-state index is 13.4. The molecule has 1 aromatic carbocycles. The van der Waals surface area contributed by atoms with Crippen molar-refractivity contribution in [3.05, 3.63) is 35.4 Å². The molecule has 2 rings (SSSR count). The van der Waals surface area contributed by atoms with E-state index in [0.717, 1.165) is 37.8 Å². The fraction of sp³-hybridized carbons (Fsp3) is 0.462. The molecule has 0 aliphatic heterocycles. The second-order valence-electron chi connectivity index (χ2n) is 4.77. The summed E-state index contributed by atoms with van der Waals surface area (Å²) in [7, 11) is 0. The van der Waals surface area contributed by atoms with Crippen LogP contribution in [0.25, 0.3) is 0 Å². The van der Waals surface area contributed by atoms with Gasteiger partial charge in [-0.3, -0.25) is 4.79 Å². The first-order valence-electron chi connectivity index (χ1n) is 5.78. The van der Waals surface area contributed by atoms with E-state index in [1.807, 2.05) is 0 Å². The maximum Gasteiger partial charge on any atom is 0.170 e. The van der Waals surface area contributed by atoms with Gasteiger partial charge in [-0.25, -0.2) is 8.78 Å². The zero-order valence-electron chi connectivity index (χ0n) is 9.51. The van der Waals surface area contributed by atoms with Crippen LogP contribution in [0.15, 0.2) is 18.2 Å². The number of benzene rings is 1. The Morgan fingerprint density at radius 3 is 2.29 bits per heavy atom. The molecule has 1 aliphatic rings. The average molecular weight is 239 g/mol. The second-order valence-corrected chi connectivity index (χ2v) is 4.77. The summed E-state index contributed by atoms with van der Waals surface area (Å²) in [6.07, 6.45) is 3.46. The van der Waals surface area contributed by atoms with Gasteiger partial charge in [-0.1, -0.05) is 18.9 Å². The van der Waals surface area contributed by atoms with Crippen LogP contribution in [0, 0.1) is 11.6 Å². The number of rotatable bonds is 3. The molecular formula is C13H15F2NO. The van der Waals surface area contributed by atoms with Gasteiger partial charge in [-0.2, -0.15) is 0 Å². The lowest BCUT2D eigenvalue weighted by Gasteiger charge is -2.22. The van der Waals surface area contributed by atoms with E-state index in [1.165, 1.54) is 6.07 Å². The SMILES string of the molecule is NC1(CC(=O)c2c(F)cccc2F)CCCC1. The Balaban J connectivity index is 2.20. The molecule has 4 heteroatoms.